The molecule has 0 saturated carbocycles. The number of hydrogen-bond acceptors (Lipinski definition) is 3. The lowest BCUT2D eigenvalue weighted by molar-refractivity contribution is -0.0355. The van der Waals surface area contributed by atoms with Crippen molar-refractivity contribution in [1.82, 2.24) is 4.90 Å². The van der Waals surface area contributed by atoms with Gasteiger partial charge in [0.15, 0.2) is 11.6 Å². The van der Waals surface area contributed by atoms with Crippen LogP contribution in [-0.4, -0.2) is 49.3 Å². The first kappa shape index (κ1) is 17.0. The van der Waals surface area contributed by atoms with Crippen molar-refractivity contribution >= 4 is 17.4 Å². The molecule has 2 aliphatic rings. The molecule has 2 amide bonds. The predicted octanol–water partition coefficient (Wildman–Crippen LogP) is 3.21. The van der Waals surface area contributed by atoms with Gasteiger partial charge in [-0.1, -0.05) is 0 Å². The Morgan fingerprint density at radius 3 is 2.42 bits per heavy atom. The van der Waals surface area contributed by atoms with Crippen LogP contribution in [-0.2, 0) is 4.74 Å². The summed E-state index contributed by atoms with van der Waals surface area (Å²) in [6.45, 7) is 6.00. The second-order valence-corrected chi connectivity index (χ2v) is 6.42. The van der Waals surface area contributed by atoms with E-state index in [-0.39, 0.29) is 29.6 Å². The van der Waals surface area contributed by atoms with Gasteiger partial charge >= 0.3 is 6.03 Å². The highest BCUT2D eigenvalue weighted by Crippen LogP contribution is 2.30. The highest BCUT2D eigenvalue weighted by molar-refractivity contribution is 5.90. The van der Waals surface area contributed by atoms with E-state index in [9.17, 15) is 13.6 Å². The smallest absolute Gasteiger partial charge is 0.322 e. The Balaban J connectivity index is 1.74. The number of anilines is 2. The van der Waals surface area contributed by atoms with Gasteiger partial charge in [-0.2, -0.15) is 0 Å². The van der Waals surface area contributed by atoms with Gasteiger partial charge in [-0.15, -0.1) is 0 Å². The lowest BCUT2D eigenvalue weighted by Gasteiger charge is -2.37. The summed E-state index contributed by atoms with van der Waals surface area (Å²) in [6.07, 6.45) is 1.80. The summed E-state index contributed by atoms with van der Waals surface area (Å²) in [6, 6.07) is 1.90. The minimum atomic E-state index is -0.643. The third-order valence-electron chi connectivity index (χ3n) is 4.84. The van der Waals surface area contributed by atoms with Gasteiger partial charge in [0, 0.05) is 25.3 Å². The van der Waals surface area contributed by atoms with Crippen LogP contribution < -0.4 is 10.2 Å². The first-order valence-corrected chi connectivity index (χ1v) is 8.40. The molecule has 1 aromatic carbocycles. The maximum atomic E-state index is 14.3. The minimum absolute atomic E-state index is 0.00105. The van der Waals surface area contributed by atoms with E-state index in [2.05, 4.69) is 5.32 Å². The third-order valence-corrected chi connectivity index (χ3v) is 4.84. The number of carbonyl (C=O) groups is 1. The van der Waals surface area contributed by atoms with Crippen LogP contribution in [0.5, 0.6) is 0 Å². The van der Waals surface area contributed by atoms with Gasteiger partial charge in [-0.05, 0) is 38.8 Å². The monoisotopic (exact) mass is 339 g/mol. The van der Waals surface area contributed by atoms with Crippen LogP contribution in [0, 0.1) is 11.6 Å². The second kappa shape index (κ2) is 6.93. The molecule has 1 aromatic rings. The van der Waals surface area contributed by atoms with E-state index < -0.39 is 11.6 Å². The maximum absolute atomic E-state index is 14.3. The normalized spacial score (nSPS) is 24.3. The molecule has 3 rings (SSSR count). The zero-order chi connectivity index (χ0) is 17.3. The Bertz CT molecular complexity index is 597. The summed E-state index contributed by atoms with van der Waals surface area (Å²) in [5.41, 5.74) is 0.128. The quantitative estimate of drug-likeness (QED) is 0.900. The van der Waals surface area contributed by atoms with Crippen molar-refractivity contribution in [3.63, 3.8) is 0 Å². The number of urea groups is 1. The fraction of sp³-hybridized carbons (Fsp3) is 0.588. The van der Waals surface area contributed by atoms with Crippen molar-refractivity contribution in [3.8, 4) is 0 Å². The second-order valence-electron chi connectivity index (χ2n) is 6.42. The van der Waals surface area contributed by atoms with E-state index in [1.807, 2.05) is 13.8 Å². The number of morpholine rings is 1. The molecule has 2 aliphatic heterocycles. The van der Waals surface area contributed by atoms with Gasteiger partial charge in [0.1, 0.15) is 5.69 Å². The number of halogens is 2. The number of ether oxygens (including phenoxy) is 1. The minimum Gasteiger partial charge on any atom is -0.375 e. The molecule has 24 heavy (non-hydrogen) atoms. The van der Waals surface area contributed by atoms with Crippen molar-refractivity contribution in [1.29, 1.82) is 0 Å². The van der Waals surface area contributed by atoms with Gasteiger partial charge in [-0.3, -0.25) is 0 Å². The molecule has 2 atom stereocenters. The number of nitrogens with one attached hydrogen (secondary N) is 1. The van der Waals surface area contributed by atoms with Gasteiger partial charge in [0.05, 0.1) is 18.8 Å². The fourth-order valence-corrected chi connectivity index (χ4v) is 3.30. The molecule has 0 aromatic heterocycles. The molecule has 2 saturated heterocycles. The van der Waals surface area contributed by atoms with E-state index in [1.165, 1.54) is 12.1 Å². The Kier molecular flexibility index (Phi) is 4.89. The van der Waals surface area contributed by atoms with Gasteiger partial charge < -0.3 is 19.9 Å². The zero-order valence-electron chi connectivity index (χ0n) is 14.0. The molecule has 0 spiro atoms. The first-order valence-electron chi connectivity index (χ1n) is 8.40. The molecule has 1 N–H and O–H groups in total. The summed E-state index contributed by atoms with van der Waals surface area (Å²) < 4.78 is 34.1. The molecule has 7 heteroatoms. The van der Waals surface area contributed by atoms with E-state index in [4.69, 9.17) is 4.74 Å². The van der Waals surface area contributed by atoms with Crippen LogP contribution in [0.25, 0.3) is 0 Å². The van der Waals surface area contributed by atoms with Crippen LogP contribution in [0.4, 0.5) is 25.0 Å². The summed E-state index contributed by atoms with van der Waals surface area (Å²) in [5.74, 6) is -1.29. The highest BCUT2D eigenvalue weighted by atomic mass is 19.1. The van der Waals surface area contributed by atoms with Crippen LogP contribution in [0.3, 0.4) is 0 Å². The van der Waals surface area contributed by atoms with Crippen LogP contribution in [0.15, 0.2) is 12.1 Å². The van der Waals surface area contributed by atoms with Crippen molar-refractivity contribution in [2.75, 3.05) is 36.5 Å². The fourth-order valence-electron chi connectivity index (χ4n) is 3.30. The number of hydrogen-bond donors (Lipinski definition) is 1. The summed E-state index contributed by atoms with van der Waals surface area (Å²) in [5, 5.41) is 2.59. The number of carbonyl (C=O) groups excluding carboxylic acids is 1. The van der Waals surface area contributed by atoms with E-state index in [0.29, 0.717) is 26.2 Å². The van der Waals surface area contributed by atoms with Gasteiger partial charge in [0.25, 0.3) is 0 Å². The molecule has 5 nitrogen and oxygen atoms in total. The summed E-state index contributed by atoms with van der Waals surface area (Å²) >= 11 is 0. The summed E-state index contributed by atoms with van der Waals surface area (Å²) in [7, 11) is 0. The predicted molar refractivity (Wildman–Crippen MR) is 88.4 cm³/mol. The van der Waals surface area contributed by atoms with Crippen molar-refractivity contribution in [2.24, 2.45) is 0 Å². The number of amides is 2. The largest absolute Gasteiger partial charge is 0.375 e. The Labute approximate surface area is 140 Å². The molecule has 2 fully saturated rings. The summed E-state index contributed by atoms with van der Waals surface area (Å²) in [4.78, 5) is 15.7. The highest BCUT2D eigenvalue weighted by Gasteiger charge is 2.29. The Morgan fingerprint density at radius 1 is 1.17 bits per heavy atom. The van der Waals surface area contributed by atoms with Crippen LogP contribution in [0.1, 0.15) is 26.7 Å². The SMILES string of the molecule is CC1OCCN(C(=O)Nc2cc(F)c(N3CCCC3)c(F)c2)C1C. The Morgan fingerprint density at radius 2 is 1.79 bits per heavy atom. The lowest BCUT2D eigenvalue weighted by atomic mass is 10.1. The molecule has 2 heterocycles. The van der Waals surface area contributed by atoms with Crippen molar-refractivity contribution in [2.45, 2.75) is 38.8 Å². The molecular formula is C17H23F2N3O2. The molecule has 0 aliphatic carbocycles. The zero-order valence-corrected chi connectivity index (χ0v) is 14.0. The van der Waals surface area contributed by atoms with Crippen LogP contribution >= 0.6 is 0 Å². The molecular weight excluding hydrogens is 316 g/mol. The average molecular weight is 339 g/mol. The van der Waals surface area contributed by atoms with E-state index in [0.717, 1.165) is 12.8 Å². The van der Waals surface area contributed by atoms with E-state index >= 15 is 0 Å². The molecule has 0 radical (unpaired) electrons. The van der Waals surface area contributed by atoms with E-state index in [1.54, 1.807) is 9.80 Å². The number of rotatable bonds is 2. The first-order chi connectivity index (χ1) is 11.5. The van der Waals surface area contributed by atoms with Crippen molar-refractivity contribution in [3.05, 3.63) is 23.8 Å². The number of benzene rings is 1. The van der Waals surface area contributed by atoms with Crippen LogP contribution in [0.2, 0.25) is 0 Å². The third kappa shape index (κ3) is 3.31. The molecule has 0 bridgehead atoms. The Hall–Kier alpha value is -1.89. The lowest BCUT2D eigenvalue weighted by Crippen LogP contribution is -2.52. The average Bonchev–Trinajstić information content (AvgIpc) is 3.03. The van der Waals surface area contributed by atoms with Gasteiger partial charge in [0.2, 0.25) is 0 Å². The van der Waals surface area contributed by atoms with Crippen molar-refractivity contribution < 1.29 is 18.3 Å². The van der Waals surface area contributed by atoms with Gasteiger partial charge in [-0.25, -0.2) is 13.6 Å². The maximum Gasteiger partial charge on any atom is 0.322 e. The molecule has 132 valence electrons. The standard InChI is InChI=1S/C17H23F2N3O2/c1-11-12(2)24-8-7-22(11)17(23)20-13-9-14(18)16(15(19)10-13)21-5-3-4-6-21/h9-12H,3-8H2,1-2H3,(H,20,23). The number of nitrogens with zero attached hydrogens (tertiary/aromatic N) is 2. The topological polar surface area (TPSA) is 44.8 Å². The molecule has 2 unspecified atom stereocenters.